The van der Waals surface area contributed by atoms with Crippen molar-refractivity contribution in [2.75, 3.05) is 19.8 Å². The van der Waals surface area contributed by atoms with E-state index in [9.17, 15) is 0 Å². The number of rotatable bonds is 8. The molecule has 0 saturated heterocycles. The molecular formula is C13H17BO6. The number of furan rings is 1. The van der Waals surface area contributed by atoms with E-state index in [0.717, 1.165) is 18.4 Å². The van der Waals surface area contributed by atoms with Crippen LogP contribution >= 0.6 is 0 Å². The fourth-order valence-electron chi connectivity index (χ4n) is 1.71. The molecule has 2 rings (SSSR count). The molecule has 1 aromatic carbocycles. The van der Waals surface area contributed by atoms with Gasteiger partial charge in [0.2, 0.25) is 0 Å². The standard InChI is InChI=1S/C13H17BO6/c1-2-5-17-6-7-18-11-3-4-12-10(8-11)9-13(19-12)20-14(15)16/h3-4,8-9,15-16H,2,5-7H2,1H3. The van der Waals surface area contributed by atoms with E-state index in [1.54, 1.807) is 24.3 Å². The molecule has 0 atom stereocenters. The third-order valence-corrected chi connectivity index (χ3v) is 2.53. The number of fused-ring (bicyclic) bond motifs is 1. The summed E-state index contributed by atoms with van der Waals surface area (Å²) in [6, 6.07) is 6.85. The molecule has 0 aliphatic rings. The van der Waals surface area contributed by atoms with Gasteiger partial charge in [0.25, 0.3) is 5.95 Å². The summed E-state index contributed by atoms with van der Waals surface area (Å²) in [7, 11) is -1.90. The molecule has 1 aromatic heterocycles. The summed E-state index contributed by atoms with van der Waals surface area (Å²) in [5, 5.41) is 18.2. The largest absolute Gasteiger partial charge is 0.709 e. The van der Waals surface area contributed by atoms with Crippen LogP contribution in [-0.4, -0.2) is 37.2 Å². The minimum atomic E-state index is -1.90. The van der Waals surface area contributed by atoms with Gasteiger partial charge in [0, 0.05) is 18.1 Å². The van der Waals surface area contributed by atoms with Crippen LogP contribution in [-0.2, 0) is 4.74 Å². The van der Waals surface area contributed by atoms with Crippen molar-refractivity contribution in [2.45, 2.75) is 13.3 Å². The number of hydrogen-bond acceptors (Lipinski definition) is 6. The Hall–Kier alpha value is -1.70. The van der Waals surface area contributed by atoms with Crippen LogP contribution < -0.4 is 9.39 Å². The van der Waals surface area contributed by atoms with Gasteiger partial charge in [0.05, 0.1) is 6.61 Å². The minimum absolute atomic E-state index is 0.0402. The van der Waals surface area contributed by atoms with E-state index in [1.165, 1.54) is 0 Å². The highest BCUT2D eigenvalue weighted by Crippen LogP contribution is 2.28. The van der Waals surface area contributed by atoms with Gasteiger partial charge in [-0.3, -0.25) is 0 Å². The van der Waals surface area contributed by atoms with Gasteiger partial charge in [-0.1, -0.05) is 6.92 Å². The Labute approximate surface area is 117 Å². The van der Waals surface area contributed by atoms with Crippen LogP contribution in [0.25, 0.3) is 11.0 Å². The zero-order chi connectivity index (χ0) is 14.4. The van der Waals surface area contributed by atoms with Crippen molar-refractivity contribution in [3.63, 3.8) is 0 Å². The monoisotopic (exact) mass is 280 g/mol. The molecule has 0 aliphatic heterocycles. The zero-order valence-electron chi connectivity index (χ0n) is 11.2. The van der Waals surface area contributed by atoms with Crippen molar-refractivity contribution in [3.05, 3.63) is 24.3 Å². The topological polar surface area (TPSA) is 81.3 Å². The Morgan fingerprint density at radius 2 is 2.00 bits per heavy atom. The molecule has 7 heteroatoms. The smallest absolute Gasteiger partial charge is 0.491 e. The summed E-state index contributed by atoms with van der Waals surface area (Å²) >= 11 is 0. The van der Waals surface area contributed by atoms with E-state index in [-0.39, 0.29) is 5.95 Å². The highest BCUT2D eigenvalue weighted by atomic mass is 16.7. The summed E-state index contributed by atoms with van der Waals surface area (Å²) in [6.45, 7) is 3.80. The maximum absolute atomic E-state index is 8.71. The second-order valence-electron chi connectivity index (χ2n) is 4.17. The van der Waals surface area contributed by atoms with Crippen LogP contribution in [0.3, 0.4) is 0 Å². The first-order valence-corrected chi connectivity index (χ1v) is 6.46. The summed E-state index contributed by atoms with van der Waals surface area (Å²) in [6.07, 6.45) is 0.987. The van der Waals surface area contributed by atoms with E-state index in [1.807, 2.05) is 0 Å². The van der Waals surface area contributed by atoms with Crippen LogP contribution in [0.4, 0.5) is 0 Å². The van der Waals surface area contributed by atoms with Crippen LogP contribution in [0.5, 0.6) is 11.7 Å². The lowest BCUT2D eigenvalue weighted by Gasteiger charge is -2.06. The van der Waals surface area contributed by atoms with Crippen molar-refractivity contribution < 1.29 is 28.6 Å². The highest BCUT2D eigenvalue weighted by molar-refractivity contribution is 6.33. The molecule has 2 aromatic rings. The van der Waals surface area contributed by atoms with Crippen molar-refractivity contribution >= 4 is 18.3 Å². The van der Waals surface area contributed by atoms with E-state index in [4.69, 9.17) is 23.9 Å². The van der Waals surface area contributed by atoms with Crippen LogP contribution in [0.1, 0.15) is 13.3 Å². The first-order valence-electron chi connectivity index (χ1n) is 6.46. The molecule has 0 aliphatic carbocycles. The third-order valence-electron chi connectivity index (χ3n) is 2.53. The second-order valence-corrected chi connectivity index (χ2v) is 4.17. The van der Waals surface area contributed by atoms with Crippen molar-refractivity contribution in [3.8, 4) is 11.7 Å². The third kappa shape index (κ3) is 4.16. The molecule has 0 amide bonds. The lowest BCUT2D eigenvalue weighted by atomic mass is 10.2. The number of ether oxygens (including phenoxy) is 2. The van der Waals surface area contributed by atoms with Gasteiger partial charge in [-0.15, -0.1) is 0 Å². The summed E-state index contributed by atoms with van der Waals surface area (Å²) in [4.78, 5) is 0. The molecular weight excluding hydrogens is 263 g/mol. The Morgan fingerprint density at radius 3 is 2.75 bits per heavy atom. The van der Waals surface area contributed by atoms with Gasteiger partial charge < -0.3 is 28.6 Å². The molecule has 20 heavy (non-hydrogen) atoms. The summed E-state index contributed by atoms with van der Waals surface area (Å²) in [5.41, 5.74) is 0.579. The molecule has 0 saturated carbocycles. The van der Waals surface area contributed by atoms with Crippen LogP contribution in [0.15, 0.2) is 28.7 Å². The predicted octanol–water partition coefficient (Wildman–Crippen LogP) is 1.59. The van der Waals surface area contributed by atoms with Crippen LogP contribution in [0, 0.1) is 0 Å². The fraction of sp³-hybridized carbons (Fsp3) is 0.385. The van der Waals surface area contributed by atoms with Gasteiger partial charge in [0.15, 0.2) is 0 Å². The van der Waals surface area contributed by atoms with E-state index < -0.39 is 7.32 Å². The van der Waals surface area contributed by atoms with Gasteiger partial charge in [-0.2, -0.15) is 0 Å². The minimum Gasteiger partial charge on any atom is -0.491 e. The van der Waals surface area contributed by atoms with Crippen LogP contribution in [0.2, 0.25) is 0 Å². The van der Waals surface area contributed by atoms with Gasteiger partial charge in [-0.05, 0) is 24.6 Å². The highest BCUT2D eigenvalue weighted by Gasteiger charge is 2.15. The molecule has 0 radical (unpaired) electrons. The van der Waals surface area contributed by atoms with Gasteiger partial charge in [0.1, 0.15) is 17.9 Å². The first-order chi connectivity index (χ1) is 9.69. The molecule has 0 fully saturated rings. The summed E-state index contributed by atoms with van der Waals surface area (Å²) < 4.78 is 20.8. The number of hydrogen-bond donors (Lipinski definition) is 2. The zero-order valence-corrected chi connectivity index (χ0v) is 11.2. The SMILES string of the molecule is CCCOCCOc1ccc2oc(OB(O)O)cc2c1. The lowest BCUT2D eigenvalue weighted by molar-refractivity contribution is 0.101. The quantitative estimate of drug-likeness (QED) is 0.564. The molecule has 6 nitrogen and oxygen atoms in total. The predicted molar refractivity (Wildman–Crippen MR) is 73.6 cm³/mol. The Morgan fingerprint density at radius 1 is 1.15 bits per heavy atom. The second kappa shape index (κ2) is 7.18. The van der Waals surface area contributed by atoms with E-state index in [2.05, 4.69) is 11.6 Å². The molecule has 1 heterocycles. The molecule has 0 spiro atoms. The first kappa shape index (κ1) is 14.7. The molecule has 108 valence electrons. The van der Waals surface area contributed by atoms with Crippen molar-refractivity contribution in [1.29, 1.82) is 0 Å². The van der Waals surface area contributed by atoms with Gasteiger partial charge >= 0.3 is 7.32 Å². The van der Waals surface area contributed by atoms with Gasteiger partial charge in [-0.25, -0.2) is 0 Å². The molecule has 2 N–H and O–H groups in total. The molecule has 0 bridgehead atoms. The van der Waals surface area contributed by atoms with E-state index >= 15 is 0 Å². The van der Waals surface area contributed by atoms with Crippen molar-refractivity contribution in [2.24, 2.45) is 0 Å². The van der Waals surface area contributed by atoms with Crippen molar-refractivity contribution in [1.82, 2.24) is 0 Å². The molecule has 0 unspecified atom stereocenters. The number of benzene rings is 1. The maximum Gasteiger partial charge on any atom is 0.709 e. The maximum atomic E-state index is 8.71. The Bertz CT molecular complexity index is 539. The van der Waals surface area contributed by atoms with E-state index in [0.29, 0.717) is 24.5 Å². The lowest BCUT2D eigenvalue weighted by Crippen LogP contribution is -2.20. The average Bonchev–Trinajstić information content (AvgIpc) is 2.79. The average molecular weight is 280 g/mol. The Balaban J connectivity index is 1.94. The Kier molecular flexibility index (Phi) is 5.28. The normalized spacial score (nSPS) is 10.8. The fourth-order valence-corrected chi connectivity index (χ4v) is 1.71. The summed E-state index contributed by atoms with van der Waals surface area (Å²) in [5.74, 6) is 0.730.